The molecule has 1 atom stereocenters. The molecular weight excluding hydrogens is 198 g/mol. The molecule has 0 aromatic carbocycles. The Morgan fingerprint density at radius 2 is 2.06 bits per heavy atom. The Hall–Kier alpha value is -0.930. The van der Waals surface area contributed by atoms with Gasteiger partial charge in [-0.05, 0) is 32.5 Å². The summed E-state index contributed by atoms with van der Waals surface area (Å²) in [6, 6.07) is 6.67. The first-order chi connectivity index (χ1) is 7.67. The van der Waals surface area contributed by atoms with Gasteiger partial charge in [0.05, 0.1) is 11.4 Å². The second-order valence-corrected chi connectivity index (χ2v) is 4.38. The zero-order chi connectivity index (χ0) is 12.0. The SMILES string of the molecule is CCCC(C)N(C)Cc1cccc(CN)n1. The van der Waals surface area contributed by atoms with Crippen LogP contribution < -0.4 is 5.73 Å². The highest BCUT2D eigenvalue weighted by atomic mass is 15.1. The standard InChI is InChI=1S/C13H23N3/c1-4-6-11(2)16(3)10-13-8-5-7-12(9-14)15-13/h5,7-8,11H,4,6,9-10,14H2,1-3H3. The maximum Gasteiger partial charge on any atom is 0.0547 e. The van der Waals surface area contributed by atoms with E-state index in [0.29, 0.717) is 12.6 Å². The van der Waals surface area contributed by atoms with Crippen molar-refractivity contribution in [2.75, 3.05) is 7.05 Å². The molecule has 1 unspecified atom stereocenters. The fraction of sp³-hybridized carbons (Fsp3) is 0.615. The van der Waals surface area contributed by atoms with E-state index < -0.39 is 0 Å². The van der Waals surface area contributed by atoms with E-state index in [4.69, 9.17) is 5.73 Å². The molecule has 90 valence electrons. The first kappa shape index (κ1) is 13.1. The number of pyridine rings is 1. The smallest absolute Gasteiger partial charge is 0.0547 e. The number of nitrogens with zero attached hydrogens (tertiary/aromatic N) is 2. The summed E-state index contributed by atoms with van der Waals surface area (Å²) in [5.41, 5.74) is 7.65. The number of rotatable bonds is 6. The summed E-state index contributed by atoms with van der Waals surface area (Å²) >= 11 is 0. The summed E-state index contributed by atoms with van der Waals surface area (Å²) in [5, 5.41) is 0. The van der Waals surface area contributed by atoms with Gasteiger partial charge in [-0.15, -0.1) is 0 Å². The maximum absolute atomic E-state index is 5.58. The first-order valence-electron chi connectivity index (χ1n) is 6.02. The predicted octanol–water partition coefficient (Wildman–Crippen LogP) is 2.16. The normalized spacial score (nSPS) is 13.1. The molecule has 0 radical (unpaired) electrons. The third-order valence-electron chi connectivity index (χ3n) is 2.94. The Morgan fingerprint density at radius 3 is 2.69 bits per heavy atom. The molecule has 3 nitrogen and oxygen atoms in total. The molecular formula is C13H23N3. The van der Waals surface area contributed by atoms with Crippen LogP contribution >= 0.6 is 0 Å². The molecule has 0 fully saturated rings. The van der Waals surface area contributed by atoms with Gasteiger partial charge in [0.25, 0.3) is 0 Å². The largest absolute Gasteiger partial charge is 0.325 e. The van der Waals surface area contributed by atoms with Crippen LogP contribution in [0.2, 0.25) is 0 Å². The summed E-state index contributed by atoms with van der Waals surface area (Å²) in [7, 11) is 2.15. The molecule has 1 heterocycles. The summed E-state index contributed by atoms with van der Waals surface area (Å²) in [6.07, 6.45) is 2.45. The van der Waals surface area contributed by atoms with Gasteiger partial charge >= 0.3 is 0 Å². The van der Waals surface area contributed by atoms with Gasteiger partial charge in [0.2, 0.25) is 0 Å². The highest BCUT2D eigenvalue weighted by Gasteiger charge is 2.09. The molecule has 0 saturated heterocycles. The van der Waals surface area contributed by atoms with E-state index in [2.05, 4.69) is 36.8 Å². The van der Waals surface area contributed by atoms with E-state index in [1.807, 2.05) is 12.1 Å². The van der Waals surface area contributed by atoms with Gasteiger partial charge in [-0.3, -0.25) is 9.88 Å². The Kier molecular flexibility index (Phi) is 5.43. The number of nitrogens with two attached hydrogens (primary N) is 1. The summed E-state index contributed by atoms with van der Waals surface area (Å²) in [4.78, 5) is 6.85. The third kappa shape index (κ3) is 3.91. The average molecular weight is 221 g/mol. The Bertz CT molecular complexity index is 312. The van der Waals surface area contributed by atoms with Crippen LogP contribution in [0.15, 0.2) is 18.2 Å². The van der Waals surface area contributed by atoms with Gasteiger partial charge in [-0.1, -0.05) is 19.4 Å². The predicted molar refractivity (Wildman–Crippen MR) is 68.0 cm³/mol. The van der Waals surface area contributed by atoms with Gasteiger partial charge in [0.15, 0.2) is 0 Å². The van der Waals surface area contributed by atoms with Crippen LogP contribution in [0.25, 0.3) is 0 Å². The zero-order valence-electron chi connectivity index (χ0n) is 10.6. The fourth-order valence-corrected chi connectivity index (χ4v) is 1.78. The fourth-order valence-electron chi connectivity index (χ4n) is 1.78. The van der Waals surface area contributed by atoms with E-state index in [1.54, 1.807) is 0 Å². The molecule has 0 bridgehead atoms. The van der Waals surface area contributed by atoms with Crippen molar-refractivity contribution in [2.24, 2.45) is 5.73 Å². The van der Waals surface area contributed by atoms with Crippen LogP contribution in [0.3, 0.4) is 0 Å². The molecule has 0 saturated carbocycles. The average Bonchev–Trinajstić information content (AvgIpc) is 2.29. The molecule has 16 heavy (non-hydrogen) atoms. The van der Waals surface area contributed by atoms with Crippen molar-refractivity contribution in [3.63, 3.8) is 0 Å². The third-order valence-corrected chi connectivity index (χ3v) is 2.94. The van der Waals surface area contributed by atoms with Crippen molar-refractivity contribution < 1.29 is 0 Å². The molecule has 0 aliphatic heterocycles. The highest BCUT2D eigenvalue weighted by Crippen LogP contribution is 2.08. The molecule has 0 aliphatic carbocycles. The van der Waals surface area contributed by atoms with Crippen molar-refractivity contribution in [3.8, 4) is 0 Å². The summed E-state index contributed by atoms with van der Waals surface area (Å²) in [6.45, 7) is 5.89. The lowest BCUT2D eigenvalue weighted by Crippen LogP contribution is -2.28. The van der Waals surface area contributed by atoms with E-state index in [1.165, 1.54) is 12.8 Å². The minimum Gasteiger partial charge on any atom is -0.325 e. The Balaban J connectivity index is 2.58. The monoisotopic (exact) mass is 221 g/mol. The zero-order valence-corrected chi connectivity index (χ0v) is 10.6. The maximum atomic E-state index is 5.58. The van der Waals surface area contributed by atoms with Crippen molar-refractivity contribution in [2.45, 2.75) is 45.8 Å². The molecule has 3 heteroatoms. The Labute approximate surface area is 98.7 Å². The van der Waals surface area contributed by atoms with E-state index in [0.717, 1.165) is 17.9 Å². The Morgan fingerprint density at radius 1 is 1.38 bits per heavy atom. The molecule has 2 N–H and O–H groups in total. The van der Waals surface area contributed by atoms with Crippen LogP contribution in [0.5, 0.6) is 0 Å². The lowest BCUT2D eigenvalue weighted by Gasteiger charge is -2.24. The number of aromatic nitrogens is 1. The molecule has 0 amide bonds. The van der Waals surface area contributed by atoms with Gasteiger partial charge in [0, 0.05) is 19.1 Å². The molecule has 1 aromatic heterocycles. The van der Waals surface area contributed by atoms with E-state index in [-0.39, 0.29) is 0 Å². The van der Waals surface area contributed by atoms with E-state index in [9.17, 15) is 0 Å². The lowest BCUT2D eigenvalue weighted by molar-refractivity contribution is 0.234. The summed E-state index contributed by atoms with van der Waals surface area (Å²) in [5.74, 6) is 0. The van der Waals surface area contributed by atoms with Crippen LogP contribution in [0.1, 0.15) is 38.1 Å². The molecule has 1 rings (SSSR count). The minimum absolute atomic E-state index is 0.516. The number of hydrogen-bond donors (Lipinski definition) is 1. The van der Waals surface area contributed by atoms with Crippen molar-refractivity contribution >= 4 is 0 Å². The second-order valence-electron chi connectivity index (χ2n) is 4.38. The quantitative estimate of drug-likeness (QED) is 0.800. The molecule has 1 aromatic rings. The second kappa shape index (κ2) is 6.61. The number of hydrogen-bond acceptors (Lipinski definition) is 3. The minimum atomic E-state index is 0.516. The van der Waals surface area contributed by atoms with Gasteiger partial charge in [-0.25, -0.2) is 0 Å². The van der Waals surface area contributed by atoms with Gasteiger partial charge < -0.3 is 5.73 Å². The van der Waals surface area contributed by atoms with Crippen LogP contribution in [0, 0.1) is 0 Å². The van der Waals surface area contributed by atoms with Gasteiger partial charge in [-0.2, -0.15) is 0 Å². The molecule has 0 aliphatic rings. The highest BCUT2D eigenvalue weighted by molar-refractivity contribution is 5.11. The molecule has 0 spiro atoms. The van der Waals surface area contributed by atoms with Crippen LogP contribution in [-0.4, -0.2) is 23.0 Å². The van der Waals surface area contributed by atoms with Crippen molar-refractivity contribution in [1.82, 2.24) is 9.88 Å². The van der Waals surface area contributed by atoms with Crippen LogP contribution in [0.4, 0.5) is 0 Å². The van der Waals surface area contributed by atoms with Crippen molar-refractivity contribution in [3.05, 3.63) is 29.6 Å². The van der Waals surface area contributed by atoms with Gasteiger partial charge in [0.1, 0.15) is 0 Å². The topological polar surface area (TPSA) is 42.1 Å². The van der Waals surface area contributed by atoms with E-state index >= 15 is 0 Å². The van der Waals surface area contributed by atoms with Crippen molar-refractivity contribution in [1.29, 1.82) is 0 Å². The lowest BCUT2D eigenvalue weighted by atomic mass is 10.1. The first-order valence-corrected chi connectivity index (χ1v) is 6.02. The van der Waals surface area contributed by atoms with Crippen LogP contribution in [-0.2, 0) is 13.1 Å². The summed E-state index contributed by atoms with van der Waals surface area (Å²) < 4.78 is 0.